The highest BCUT2D eigenvalue weighted by Gasteiger charge is 2.33. The van der Waals surface area contributed by atoms with Crippen molar-refractivity contribution in [2.24, 2.45) is 5.41 Å². The first-order valence-electron chi connectivity index (χ1n) is 5.33. The van der Waals surface area contributed by atoms with Gasteiger partial charge < -0.3 is 0 Å². The predicted octanol–water partition coefficient (Wildman–Crippen LogP) is 4.14. The molecule has 1 atom stereocenters. The van der Waals surface area contributed by atoms with Crippen molar-refractivity contribution in [2.75, 3.05) is 0 Å². The Morgan fingerprint density at radius 2 is 1.77 bits per heavy atom. The molecule has 1 nitrogen and oxygen atoms in total. The third kappa shape index (κ3) is 3.68. The van der Waals surface area contributed by atoms with Gasteiger partial charge in [0, 0.05) is 5.41 Å². The van der Waals surface area contributed by atoms with E-state index in [4.69, 9.17) is 11.6 Å². The summed E-state index contributed by atoms with van der Waals surface area (Å²) in [5, 5.41) is -0.134. The molecule has 0 aromatic carbocycles. The molecule has 2 heteroatoms. The van der Waals surface area contributed by atoms with Crippen molar-refractivity contribution in [1.29, 1.82) is 0 Å². The minimum absolute atomic E-state index is 0.134. The van der Waals surface area contributed by atoms with Crippen LogP contribution in [0.15, 0.2) is 0 Å². The van der Waals surface area contributed by atoms with Crippen molar-refractivity contribution < 1.29 is 4.79 Å². The lowest BCUT2D eigenvalue weighted by atomic mass is 9.78. The van der Waals surface area contributed by atoms with E-state index in [2.05, 4.69) is 20.8 Å². The predicted molar refractivity (Wildman–Crippen MR) is 58.0 cm³/mol. The summed E-state index contributed by atoms with van der Waals surface area (Å²) in [6.45, 7) is 6.31. The molecule has 0 aromatic rings. The van der Waals surface area contributed by atoms with Crippen LogP contribution in [0.4, 0.5) is 0 Å². The van der Waals surface area contributed by atoms with E-state index in [0.29, 0.717) is 0 Å². The number of carbonyl (C=O) groups excluding carboxylic acids is 1. The van der Waals surface area contributed by atoms with Gasteiger partial charge in [0.05, 0.1) is 0 Å². The minimum atomic E-state index is -0.230. The van der Waals surface area contributed by atoms with Crippen LogP contribution in [0.5, 0.6) is 0 Å². The zero-order chi connectivity index (χ0) is 10.3. The fourth-order valence-corrected chi connectivity index (χ4v) is 2.13. The summed E-state index contributed by atoms with van der Waals surface area (Å²) < 4.78 is 0. The van der Waals surface area contributed by atoms with E-state index in [0.717, 1.165) is 38.5 Å². The molecule has 0 radical (unpaired) electrons. The van der Waals surface area contributed by atoms with Gasteiger partial charge in [0.25, 0.3) is 0 Å². The van der Waals surface area contributed by atoms with Crippen LogP contribution >= 0.6 is 11.6 Å². The van der Waals surface area contributed by atoms with Gasteiger partial charge in [0.2, 0.25) is 5.24 Å². The van der Waals surface area contributed by atoms with Gasteiger partial charge in [-0.3, -0.25) is 4.79 Å². The van der Waals surface area contributed by atoms with Gasteiger partial charge in [-0.25, -0.2) is 0 Å². The molecule has 1 unspecified atom stereocenters. The maximum atomic E-state index is 11.4. The van der Waals surface area contributed by atoms with E-state index in [9.17, 15) is 4.79 Å². The molecule has 0 heterocycles. The number of carbonyl (C=O) groups is 1. The Bertz CT molecular complexity index is 156. The highest BCUT2D eigenvalue weighted by Crippen LogP contribution is 2.36. The number of unbranched alkanes of at least 4 members (excludes halogenated alkanes) is 1. The first-order valence-corrected chi connectivity index (χ1v) is 5.70. The van der Waals surface area contributed by atoms with Crippen LogP contribution in [0.2, 0.25) is 0 Å². The van der Waals surface area contributed by atoms with Gasteiger partial charge in [-0.15, -0.1) is 0 Å². The fraction of sp³-hybridized carbons (Fsp3) is 0.909. The Labute approximate surface area is 86.9 Å². The first-order chi connectivity index (χ1) is 6.13. The molecule has 0 aliphatic heterocycles. The standard InChI is InChI=1S/C11H21ClO/c1-4-7-9-11(6-3,8-5-2)10(12)13/h4-9H2,1-3H3. The van der Waals surface area contributed by atoms with Crippen molar-refractivity contribution in [1.82, 2.24) is 0 Å². The van der Waals surface area contributed by atoms with Gasteiger partial charge >= 0.3 is 0 Å². The van der Waals surface area contributed by atoms with Gasteiger partial charge in [-0.1, -0.05) is 40.0 Å². The SMILES string of the molecule is CCCCC(CC)(CCC)C(=O)Cl. The van der Waals surface area contributed by atoms with Crippen molar-refractivity contribution in [3.05, 3.63) is 0 Å². The average Bonchev–Trinajstić information content (AvgIpc) is 2.12. The van der Waals surface area contributed by atoms with E-state index in [-0.39, 0.29) is 10.7 Å². The Balaban J connectivity index is 4.35. The van der Waals surface area contributed by atoms with Crippen LogP contribution in [0.25, 0.3) is 0 Å². The smallest absolute Gasteiger partial charge is 0.227 e. The fourth-order valence-electron chi connectivity index (χ4n) is 1.81. The highest BCUT2D eigenvalue weighted by molar-refractivity contribution is 6.64. The summed E-state index contributed by atoms with van der Waals surface area (Å²) in [4.78, 5) is 11.4. The van der Waals surface area contributed by atoms with E-state index < -0.39 is 0 Å². The second-order valence-corrected chi connectivity index (χ2v) is 4.10. The molecule has 0 rings (SSSR count). The topological polar surface area (TPSA) is 17.1 Å². The summed E-state index contributed by atoms with van der Waals surface area (Å²) in [7, 11) is 0. The molecule has 78 valence electrons. The molecule has 0 amide bonds. The Morgan fingerprint density at radius 3 is 2.08 bits per heavy atom. The second kappa shape index (κ2) is 6.42. The zero-order valence-corrected chi connectivity index (χ0v) is 9.78. The zero-order valence-electron chi connectivity index (χ0n) is 9.03. The van der Waals surface area contributed by atoms with Crippen LogP contribution in [0.3, 0.4) is 0 Å². The lowest BCUT2D eigenvalue weighted by Crippen LogP contribution is -2.26. The second-order valence-electron chi connectivity index (χ2n) is 3.76. The molecular weight excluding hydrogens is 184 g/mol. The molecule has 0 spiro atoms. The Morgan fingerprint density at radius 1 is 1.15 bits per heavy atom. The summed E-state index contributed by atoms with van der Waals surface area (Å²) in [6.07, 6.45) is 6.04. The van der Waals surface area contributed by atoms with Gasteiger partial charge in [0.1, 0.15) is 0 Å². The summed E-state index contributed by atoms with van der Waals surface area (Å²) >= 11 is 5.68. The Kier molecular flexibility index (Phi) is 6.40. The van der Waals surface area contributed by atoms with Crippen LogP contribution in [0, 0.1) is 5.41 Å². The summed E-state index contributed by atoms with van der Waals surface area (Å²) in [6, 6.07) is 0. The van der Waals surface area contributed by atoms with Crippen molar-refractivity contribution in [3.63, 3.8) is 0 Å². The molecule has 0 saturated carbocycles. The molecule has 0 aromatic heterocycles. The lowest BCUT2D eigenvalue weighted by molar-refractivity contribution is -0.121. The molecule has 0 aliphatic rings. The van der Waals surface area contributed by atoms with Crippen LogP contribution < -0.4 is 0 Å². The molecule has 0 saturated heterocycles. The van der Waals surface area contributed by atoms with Gasteiger partial charge in [0.15, 0.2) is 0 Å². The largest absolute Gasteiger partial charge is 0.281 e. The van der Waals surface area contributed by atoms with E-state index in [1.807, 2.05) is 0 Å². The molecule has 0 bridgehead atoms. The number of hydrogen-bond donors (Lipinski definition) is 0. The van der Waals surface area contributed by atoms with Crippen LogP contribution in [0.1, 0.15) is 59.3 Å². The van der Waals surface area contributed by atoms with Crippen molar-refractivity contribution in [2.45, 2.75) is 59.3 Å². The maximum absolute atomic E-state index is 11.4. The van der Waals surface area contributed by atoms with Gasteiger partial charge in [-0.2, -0.15) is 0 Å². The first kappa shape index (κ1) is 13.0. The Hall–Kier alpha value is -0.0400. The van der Waals surface area contributed by atoms with E-state index >= 15 is 0 Å². The van der Waals surface area contributed by atoms with Gasteiger partial charge in [-0.05, 0) is 30.9 Å². The summed E-state index contributed by atoms with van der Waals surface area (Å²) in [5.41, 5.74) is -0.230. The van der Waals surface area contributed by atoms with Crippen molar-refractivity contribution in [3.8, 4) is 0 Å². The third-order valence-electron chi connectivity index (χ3n) is 2.83. The maximum Gasteiger partial charge on any atom is 0.227 e. The monoisotopic (exact) mass is 204 g/mol. The normalized spacial score (nSPS) is 15.4. The van der Waals surface area contributed by atoms with Crippen molar-refractivity contribution >= 4 is 16.8 Å². The molecule has 0 N–H and O–H groups in total. The van der Waals surface area contributed by atoms with Crippen LogP contribution in [-0.2, 0) is 4.79 Å². The number of halogens is 1. The lowest BCUT2D eigenvalue weighted by Gasteiger charge is -2.28. The van der Waals surface area contributed by atoms with E-state index in [1.165, 1.54) is 0 Å². The average molecular weight is 205 g/mol. The number of hydrogen-bond acceptors (Lipinski definition) is 1. The highest BCUT2D eigenvalue weighted by atomic mass is 35.5. The van der Waals surface area contributed by atoms with Crippen LogP contribution in [-0.4, -0.2) is 5.24 Å². The third-order valence-corrected chi connectivity index (χ3v) is 3.23. The number of rotatable bonds is 7. The molecule has 0 fully saturated rings. The molecular formula is C11H21ClO. The minimum Gasteiger partial charge on any atom is -0.281 e. The summed E-state index contributed by atoms with van der Waals surface area (Å²) in [5.74, 6) is 0. The quantitative estimate of drug-likeness (QED) is 0.570. The molecule has 0 aliphatic carbocycles. The van der Waals surface area contributed by atoms with E-state index in [1.54, 1.807) is 0 Å². The molecule has 13 heavy (non-hydrogen) atoms.